The molecule has 0 radical (unpaired) electrons. The Kier molecular flexibility index (Phi) is 3.78. The molecule has 0 amide bonds. The van der Waals surface area contributed by atoms with E-state index in [0.717, 1.165) is 16.7 Å². The minimum absolute atomic E-state index is 0.307. The highest BCUT2D eigenvalue weighted by atomic mass is 19.1. The van der Waals surface area contributed by atoms with Crippen LogP contribution in [0, 0.1) is 19.7 Å². The molecule has 1 nitrogen and oxygen atoms in total. The fraction of sp³-hybridized carbons (Fsp3) is 0.250. The molecule has 0 fully saturated rings. The molecule has 0 bridgehead atoms. The van der Waals surface area contributed by atoms with Crippen molar-refractivity contribution in [1.82, 2.24) is 0 Å². The fourth-order valence-corrected chi connectivity index (χ4v) is 2.14. The molecule has 0 aliphatic heterocycles. The van der Waals surface area contributed by atoms with Crippen LogP contribution in [0.15, 0.2) is 42.5 Å². The van der Waals surface area contributed by atoms with Crippen LogP contribution in [0.3, 0.4) is 0 Å². The van der Waals surface area contributed by atoms with Crippen molar-refractivity contribution < 1.29 is 9.50 Å². The van der Waals surface area contributed by atoms with E-state index in [1.807, 2.05) is 38.1 Å². The summed E-state index contributed by atoms with van der Waals surface area (Å²) in [6.45, 7) is 3.90. The lowest BCUT2D eigenvalue weighted by Crippen LogP contribution is -2.04. The van der Waals surface area contributed by atoms with Crippen LogP contribution >= 0.6 is 0 Å². The van der Waals surface area contributed by atoms with Crippen LogP contribution in [0.25, 0.3) is 0 Å². The van der Waals surface area contributed by atoms with Crippen LogP contribution < -0.4 is 0 Å². The highest BCUT2D eigenvalue weighted by molar-refractivity contribution is 5.31. The van der Waals surface area contributed by atoms with Crippen molar-refractivity contribution >= 4 is 0 Å². The number of aryl methyl sites for hydroxylation is 2. The van der Waals surface area contributed by atoms with Crippen molar-refractivity contribution in [3.05, 3.63) is 70.5 Å². The molecule has 0 spiro atoms. The van der Waals surface area contributed by atoms with Gasteiger partial charge in [0.15, 0.2) is 0 Å². The Hall–Kier alpha value is -1.67. The number of rotatable bonds is 3. The van der Waals surface area contributed by atoms with Gasteiger partial charge >= 0.3 is 0 Å². The van der Waals surface area contributed by atoms with Gasteiger partial charge in [-0.05, 0) is 42.7 Å². The summed E-state index contributed by atoms with van der Waals surface area (Å²) < 4.78 is 13.2. The molecule has 0 aliphatic rings. The van der Waals surface area contributed by atoms with Gasteiger partial charge in [-0.1, -0.05) is 35.9 Å². The third kappa shape index (κ3) is 2.96. The van der Waals surface area contributed by atoms with Gasteiger partial charge in [-0.3, -0.25) is 0 Å². The van der Waals surface area contributed by atoms with Gasteiger partial charge in [-0.25, -0.2) is 4.39 Å². The maximum absolute atomic E-state index is 13.2. The number of benzene rings is 2. The van der Waals surface area contributed by atoms with E-state index < -0.39 is 6.10 Å². The summed E-state index contributed by atoms with van der Waals surface area (Å²) in [5.74, 6) is -0.307. The molecule has 0 aromatic heterocycles. The second-order valence-electron chi connectivity index (χ2n) is 4.71. The zero-order valence-electron chi connectivity index (χ0n) is 10.7. The predicted octanol–water partition coefficient (Wildman–Crippen LogP) is 3.72. The molecule has 2 heteroatoms. The highest BCUT2D eigenvalue weighted by Gasteiger charge is 2.12. The van der Waals surface area contributed by atoms with Crippen molar-refractivity contribution in [2.24, 2.45) is 0 Å². The van der Waals surface area contributed by atoms with Crippen molar-refractivity contribution in [1.29, 1.82) is 0 Å². The van der Waals surface area contributed by atoms with E-state index in [9.17, 15) is 9.50 Å². The molecule has 0 heterocycles. The average Bonchev–Trinajstić information content (AvgIpc) is 2.32. The van der Waals surface area contributed by atoms with E-state index in [1.54, 1.807) is 6.07 Å². The monoisotopic (exact) mass is 244 g/mol. The normalized spacial score (nSPS) is 12.4. The summed E-state index contributed by atoms with van der Waals surface area (Å²) in [5.41, 5.74) is 3.80. The first-order valence-corrected chi connectivity index (χ1v) is 6.06. The minimum atomic E-state index is -0.664. The molecule has 18 heavy (non-hydrogen) atoms. The average molecular weight is 244 g/mol. The first-order chi connectivity index (χ1) is 8.56. The van der Waals surface area contributed by atoms with Crippen LogP contribution in [0.5, 0.6) is 0 Å². The minimum Gasteiger partial charge on any atom is -0.388 e. The van der Waals surface area contributed by atoms with Gasteiger partial charge in [0.2, 0.25) is 0 Å². The first-order valence-electron chi connectivity index (χ1n) is 6.06. The maximum Gasteiger partial charge on any atom is 0.123 e. The third-order valence-electron chi connectivity index (χ3n) is 3.11. The van der Waals surface area contributed by atoms with Crippen LogP contribution in [0.1, 0.15) is 28.4 Å². The predicted molar refractivity (Wildman–Crippen MR) is 71.0 cm³/mol. The van der Waals surface area contributed by atoms with Gasteiger partial charge in [-0.2, -0.15) is 0 Å². The molecule has 1 atom stereocenters. The maximum atomic E-state index is 13.2. The van der Waals surface area contributed by atoms with Gasteiger partial charge in [0, 0.05) is 6.42 Å². The summed E-state index contributed by atoms with van der Waals surface area (Å²) in [5, 5.41) is 10.2. The summed E-state index contributed by atoms with van der Waals surface area (Å²) >= 11 is 0. The number of halogens is 1. The summed E-state index contributed by atoms with van der Waals surface area (Å²) in [6.07, 6.45) is -0.158. The lowest BCUT2D eigenvalue weighted by Gasteiger charge is -2.14. The van der Waals surface area contributed by atoms with Crippen molar-refractivity contribution in [3.63, 3.8) is 0 Å². The molecule has 0 saturated heterocycles. The Morgan fingerprint density at radius 1 is 1.11 bits per heavy atom. The number of hydrogen-bond acceptors (Lipinski definition) is 1. The molecule has 1 N–H and O–H groups in total. The molecule has 2 aromatic carbocycles. The SMILES string of the molecule is Cc1cccc(CC(O)c2cc(F)ccc2C)c1. The Bertz CT molecular complexity index is 549. The smallest absolute Gasteiger partial charge is 0.123 e. The summed E-state index contributed by atoms with van der Waals surface area (Å²) in [4.78, 5) is 0. The van der Waals surface area contributed by atoms with Crippen molar-refractivity contribution in [2.45, 2.75) is 26.4 Å². The zero-order chi connectivity index (χ0) is 13.1. The Morgan fingerprint density at radius 2 is 1.89 bits per heavy atom. The van der Waals surface area contributed by atoms with Crippen LogP contribution in [0.4, 0.5) is 4.39 Å². The van der Waals surface area contributed by atoms with Crippen molar-refractivity contribution in [2.75, 3.05) is 0 Å². The molecule has 94 valence electrons. The lowest BCUT2D eigenvalue weighted by molar-refractivity contribution is 0.177. The molecular formula is C16H17FO. The molecule has 1 unspecified atom stereocenters. The van der Waals surface area contributed by atoms with E-state index >= 15 is 0 Å². The van der Waals surface area contributed by atoms with Crippen LogP contribution in [-0.4, -0.2) is 5.11 Å². The second-order valence-corrected chi connectivity index (χ2v) is 4.71. The Balaban J connectivity index is 2.21. The van der Waals surface area contributed by atoms with E-state index in [2.05, 4.69) is 0 Å². The van der Waals surface area contributed by atoms with Crippen molar-refractivity contribution in [3.8, 4) is 0 Å². The Morgan fingerprint density at radius 3 is 2.61 bits per heavy atom. The zero-order valence-corrected chi connectivity index (χ0v) is 10.7. The summed E-state index contributed by atoms with van der Waals surface area (Å²) in [6, 6.07) is 12.5. The third-order valence-corrected chi connectivity index (χ3v) is 3.11. The fourth-order valence-electron chi connectivity index (χ4n) is 2.14. The molecule has 2 rings (SSSR count). The van der Waals surface area contributed by atoms with E-state index in [0.29, 0.717) is 12.0 Å². The topological polar surface area (TPSA) is 20.2 Å². The van der Waals surface area contributed by atoms with Gasteiger partial charge in [0.05, 0.1) is 6.10 Å². The number of aliphatic hydroxyl groups excluding tert-OH is 1. The van der Waals surface area contributed by atoms with Crippen LogP contribution in [0.2, 0.25) is 0 Å². The number of aliphatic hydroxyl groups is 1. The van der Waals surface area contributed by atoms with E-state index in [-0.39, 0.29) is 5.82 Å². The first kappa shape index (κ1) is 12.8. The highest BCUT2D eigenvalue weighted by Crippen LogP contribution is 2.22. The van der Waals surface area contributed by atoms with Gasteiger partial charge in [0.1, 0.15) is 5.82 Å². The number of hydrogen-bond donors (Lipinski definition) is 1. The molecule has 0 aliphatic carbocycles. The quantitative estimate of drug-likeness (QED) is 0.872. The molecule has 2 aromatic rings. The van der Waals surface area contributed by atoms with Gasteiger partial charge in [0.25, 0.3) is 0 Å². The molecular weight excluding hydrogens is 227 g/mol. The van der Waals surface area contributed by atoms with Crippen LogP contribution in [-0.2, 0) is 6.42 Å². The van der Waals surface area contributed by atoms with Gasteiger partial charge in [-0.15, -0.1) is 0 Å². The Labute approximate surface area is 107 Å². The molecule has 0 saturated carbocycles. The second kappa shape index (κ2) is 5.32. The van der Waals surface area contributed by atoms with Gasteiger partial charge < -0.3 is 5.11 Å². The lowest BCUT2D eigenvalue weighted by atomic mass is 9.97. The standard InChI is InChI=1S/C16H17FO/c1-11-4-3-5-13(8-11)9-16(18)15-10-14(17)7-6-12(15)2/h3-8,10,16,18H,9H2,1-2H3. The van der Waals surface area contributed by atoms with E-state index in [4.69, 9.17) is 0 Å². The largest absolute Gasteiger partial charge is 0.388 e. The van der Waals surface area contributed by atoms with E-state index in [1.165, 1.54) is 12.1 Å². The summed E-state index contributed by atoms with van der Waals surface area (Å²) in [7, 11) is 0.